The molecule has 1 unspecified atom stereocenters. The molecule has 0 fully saturated rings. The van der Waals surface area contributed by atoms with E-state index in [1.54, 1.807) is 13.0 Å². The van der Waals surface area contributed by atoms with E-state index < -0.39 is 20.4 Å². The molecule has 1 heterocycles. The first-order chi connectivity index (χ1) is 13.7. The van der Waals surface area contributed by atoms with Crippen LogP contribution in [0.1, 0.15) is 26.7 Å². The van der Waals surface area contributed by atoms with Crippen LogP contribution in [-0.4, -0.2) is 99.0 Å². The number of pyridine rings is 1. The van der Waals surface area contributed by atoms with Gasteiger partial charge in [0, 0.05) is 24.4 Å². The molecule has 0 radical (unpaired) electrons. The zero-order chi connectivity index (χ0) is 21.6. The molecule has 2 N–H and O–H groups in total. The average molecular weight is 471 g/mol. The molecule has 0 aliphatic rings. The molecule has 0 amide bonds. The zero-order valence-corrected chi connectivity index (χ0v) is 16.7. The average Bonchev–Trinajstić information content (AvgIpc) is 2.66. The Hall–Kier alpha value is -1.12. The molecule has 1 aromatic carbocycles. The molecule has 11 nitrogen and oxygen atoms in total. The van der Waals surface area contributed by atoms with Crippen molar-refractivity contribution in [2.45, 2.75) is 32.1 Å². The molecule has 14 heteroatoms. The molecular formula is C17H23N5Na2O6S. The Balaban J connectivity index is 0.00000450. The number of anilines is 1. The molecule has 0 aliphatic heterocycles. The van der Waals surface area contributed by atoms with E-state index in [1.165, 1.54) is 29.2 Å². The fourth-order valence-electron chi connectivity index (χ4n) is 2.70. The summed E-state index contributed by atoms with van der Waals surface area (Å²) in [5, 5.41) is 27.4. The van der Waals surface area contributed by atoms with Crippen molar-refractivity contribution in [1.29, 1.82) is 0 Å². The molecule has 31 heavy (non-hydrogen) atoms. The van der Waals surface area contributed by atoms with Gasteiger partial charge >= 0.3 is 59.1 Å². The predicted molar refractivity (Wildman–Crippen MR) is 121 cm³/mol. The normalized spacial score (nSPS) is 12.0. The molecule has 0 saturated heterocycles. The molecule has 2 rings (SSSR count). The van der Waals surface area contributed by atoms with Gasteiger partial charge in [-0.25, -0.2) is 4.98 Å². The fraction of sp³-hybridized carbons (Fsp3) is 0.353. The number of phenols is 1. The van der Waals surface area contributed by atoms with Crippen LogP contribution < -0.4 is 4.90 Å². The van der Waals surface area contributed by atoms with Crippen molar-refractivity contribution in [1.82, 2.24) is 4.98 Å². The van der Waals surface area contributed by atoms with E-state index in [9.17, 15) is 28.2 Å². The van der Waals surface area contributed by atoms with Gasteiger partial charge in [-0.1, -0.05) is 13.8 Å². The Labute approximate surface area is 224 Å². The second-order valence-corrected chi connectivity index (χ2v) is 7.65. The number of phenolic OH excluding ortho intramolecular Hbond substituents is 1. The number of aromatic hydroxyl groups is 1. The van der Waals surface area contributed by atoms with Crippen molar-refractivity contribution >= 4 is 92.1 Å². The number of azo groups is 1. The second-order valence-electron chi connectivity index (χ2n) is 6.08. The van der Waals surface area contributed by atoms with Gasteiger partial charge in [-0.15, -0.1) is 10.2 Å². The van der Waals surface area contributed by atoms with Crippen LogP contribution in [-0.2, 0) is 10.1 Å². The van der Waals surface area contributed by atoms with E-state index in [4.69, 9.17) is 0 Å². The summed E-state index contributed by atoms with van der Waals surface area (Å²) >= 11 is 0. The monoisotopic (exact) mass is 471 g/mol. The maximum atomic E-state index is 11.7. The van der Waals surface area contributed by atoms with Gasteiger partial charge in [-0.05, 0) is 31.0 Å². The second kappa shape index (κ2) is 13.4. The predicted octanol–water partition coefficient (Wildman–Crippen LogP) is 2.65. The zero-order valence-electron chi connectivity index (χ0n) is 15.8. The number of benzene rings is 1. The minimum atomic E-state index is -4.32. The third-order valence-electron chi connectivity index (χ3n) is 4.00. The first-order valence-corrected chi connectivity index (χ1v) is 10.3. The van der Waals surface area contributed by atoms with E-state index in [-0.39, 0.29) is 88.5 Å². The van der Waals surface area contributed by atoms with E-state index in [2.05, 4.69) is 15.2 Å². The molecule has 160 valence electrons. The van der Waals surface area contributed by atoms with Gasteiger partial charge in [0.15, 0.2) is 11.2 Å². The molecule has 1 atom stereocenters. The number of hydrogen-bond donors (Lipinski definition) is 2. The minimum absolute atomic E-state index is 0. The van der Waals surface area contributed by atoms with Gasteiger partial charge in [0.2, 0.25) is 0 Å². The van der Waals surface area contributed by atoms with Crippen LogP contribution in [0.2, 0.25) is 0 Å². The van der Waals surface area contributed by atoms with E-state index in [1.807, 2.05) is 6.92 Å². The van der Waals surface area contributed by atoms with Crippen LogP contribution in [0.3, 0.4) is 0 Å². The van der Waals surface area contributed by atoms with Gasteiger partial charge < -0.3 is 10.0 Å². The van der Waals surface area contributed by atoms with Crippen LogP contribution in [0, 0.1) is 10.1 Å². The molecule has 0 bridgehead atoms. The summed E-state index contributed by atoms with van der Waals surface area (Å²) in [4.78, 5) is 15.3. The molecule has 0 spiro atoms. The van der Waals surface area contributed by atoms with Crippen LogP contribution in [0.5, 0.6) is 5.75 Å². The summed E-state index contributed by atoms with van der Waals surface area (Å²) in [5.74, 6) is -0.136. The molecular weight excluding hydrogens is 448 g/mol. The Bertz CT molecular complexity index is 1000. The van der Waals surface area contributed by atoms with Crippen molar-refractivity contribution in [3.05, 3.63) is 46.6 Å². The number of nitro groups is 1. The third kappa shape index (κ3) is 8.39. The van der Waals surface area contributed by atoms with Crippen molar-refractivity contribution in [2.24, 2.45) is 10.2 Å². The van der Waals surface area contributed by atoms with Crippen LogP contribution >= 0.6 is 0 Å². The Morgan fingerprint density at radius 2 is 1.87 bits per heavy atom. The summed E-state index contributed by atoms with van der Waals surface area (Å²) < 4.78 is 32.9. The topological polar surface area (TPSA) is 159 Å². The summed E-state index contributed by atoms with van der Waals surface area (Å²) in [6.45, 7) is 3.86. The third-order valence-corrected chi connectivity index (χ3v) is 5.27. The van der Waals surface area contributed by atoms with Crippen molar-refractivity contribution in [3.8, 4) is 5.75 Å². The number of rotatable bonds is 9. The van der Waals surface area contributed by atoms with Crippen LogP contribution in [0.15, 0.2) is 46.8 Å². The van der Waals surface area contributed by atoms with Gasteiger partial charge in [-0.2, -0.15) is 8.42 Å². The van der Waals surface area contributed by atoms with E-state index in [0.717, 1.165) is 6.20 Å². The quantitative estimate of drug-likeness (QED) is 0.186. The fourth-order valence-corrected chi connectivity index (χ4v) is 3.67. The molecule has 0 aliphatic carbocycles. The molecule has 1 aromatic heterocycles. The number of aromatic nitrogens is 1. The maximum absolute atomic E-state index is 11.7. The van der Waals surface area contributed by atoms with Gasteiger partial charge in [-0.3, -0.25) is 14.7 Å². The van der Waals surface area contributed by atoms with Gasteiger partial charge in [0.05, 0.1) is 4.92 Å². The summed E-state index contributed by atoms with van der Waals surface area (Å²) in [6, 6.07) is 6.88. The van der Waals surface area contributed by atoms with Crippen molar-refractivity contribution in [2.75, 3.05) is 11.4 Å². The Morgan fingerprint density at radius 1 is 1.19 bits per heavy atom. The van der Waals surface area contributed by atoms with Crippen molar-refractivity contribution in [3.63, 3.8) is 0 Å². The summed E-state index contributed by atoms with van der Waals surface area (Å²) in [7, 11) is -4.32. The first kappa shape index (κ1) is 29.9. The van der Waals surface area contributed by atoms with Crippen LogP contribution in [0.4, 0.5) is 22.9 Å². The van der Waals surface area contributed by atoms with E-state index in [0.29, 0.717) is 18.7 Å². The van der Waals surface area contributed by atoms with Gasteiger partial charge in [0.1, 0.15) is 17.6 Å². The van der Waals surface area contributed by atoms with Crippen LogP contribution in [0.25, 0.3) is 0 Å². The van der Waals surface area contributed by atoms with Crippen molar-refractivity contribution < 1.29 is 23.0 Å². The summed E-state index contributed by atoms with van der Waals surface area (Å²) in [6.07, 6.45) is 1.83. The molecule has 2 aromatic rings. The Morgan fingerprint density at radius 3 is 2.32 bits per heavy atom. The number of nitrogens with zero attached hydrogens (tertiary/aromatic N) is 5. The molecule has 0 saturated carbocycles. The summed E-state index contributed by atoms with van der Waals surface area (Å²) in [5.41, 5.74) is 0.322. The first-order valence-electron chi connectivity index (χ1n) is 8.75. The SMILES string of the molecule is CCCN(c1ccc(/N=N/c2ccc([N+](=O)[O-])cn2)c(O)c1)C(CC)S(=O)(=O)O.[NaH].[NaH]. The van der Waals surface area contributed by atoms with E-state index >= 15 is 0 Å². The number of hydrogen-bond acceptors (Lipinski definition) is 9. The Kier molecular flexibility index (Phi) is 12.9. The standard InChI is InChI=1S/C17H21N5O6S.2Na.2H/c1-3-9-21(17(4-2)29(26,27)28)12-5-7-14(15(23)10-12)19-20-16-8-6-13(11-18-16)22(24)25;;;;/h5-8,10-11,17,23H,3-4,9H2,1-2H3,(H,26,27,28);;;;/b20-19+;;;;. The van der Waals surface area contributed by atoms with Gasteiger partial charge in [0.25, 0.3) is 15.8 Å².